The van der Waals surface area contributed by atoms with Crippen molar-refractivity contribution in [2.24, 2.45) is 5.92 Å². The topological polar surface area (TPSA) is 86.5 Å². The number of aromatic nitrogens is 2. The summed E-state index contributed by atoms with van der Waals surface area (Å²) < 4.78 is 17.8. The van der Waals surface area contributed by atoms with Crippen molar-refractivity contribution in [1.29, 1.82) is 0 Å². The summed E-state index contributed by atoms with van der Waals surface area (Å²) in [6.07, 6.45) is 2.53. The van der Waals surface area contributed by atoms with Crippen LogP contribution in [0.1, 0.15) is 26.7 Å². The van der Waals surface area contributed by atoms with Gasteiger partial charge in [0, 0.05) is 13.0 Å². The molecule has 142 valence electrons. The van der Waals surface area contributed by atoms with Gasteiger partial charge in [-0.3, -0.25) is 4.79 Å². The van der Waals surface area contributed by atoms with Gasteiger partial charge in [0.25, 0.3) is 5.88 Å². The molecule has 7 nitrogen and oxygen atoms in total. The molecule has 1 N–H and O–H groups in total. The lowest BCUT2D eigenvalue weighted by molar-refractivity contribution is -0.119. The zero-order valence-corrected chi connectivity index (χ0v) is 16.0. The average molecular weight is 387 g/mol. The van der Waals surface area contributed by atoms with E-state index in [1.54, 1.807) is 6.07 Å². The molecular weight excluding hydrogens is 366 g/mol. The Morgan fingerprint density at radius 3 is 3.00 bits per heavy atom. The molecule has 2 aromatic heterocycles. The lowest BCUT2D eigenvalue weighted by Gasteiger charge is -2.11. The van der Waals surface area contributed by atoms with Gasteiger partial charge in [-0.15, -0.1) is 11.3 Å². The Balaban J connectivity index is 1.42. The highest BCUT2D eigenvalue weighted by molar-refractivity contribution is 7.21. The molecule has 4 rings (SSSR count). The van der Waals surface area contributed by atoms with Gasteiger partial charge in [0.05, 0.1) is 28.9 Å². The fourth-order valence-electron chi connectivity index (χ4n) is 2.63. The van der Waals surface area contributed by atoms with E-state index in [0.717, 1.165) is 27.6 Å². The van der Waals surface area contributed by atoms with Crippen LogP contribution in [0.4, 0.5) is 0 Å². The maximum absolute atomic E-state index is 11.0. The monoisotopic (exact) mass is 387 g/mol. The van der Waals surface area contributed by atoms with Crippen molar-refractivity contribution in [1.82, 2.24) is 15.5 Å². The number of hydrogen-bond donors (Lipinski definition) is 1. The molecule has 1 saturated carbocycles. The summed E-state index contributed by atoms with van der Waals surface area (Å²) >= 11 is 1.53. The van der Waals surface area contributed by atoms with Crippen LogP contribution in [0.25, 0.3) is 21.0 Å². The molecule has 0 bridgehead atoms. The molecule has 27 heavy (non-hydrogen) atoms. The molecule has 1 aliphatic rings. The highest BCUT2D eigenvalue weighted by Crippen LogP contribution is 2.34. The Kier molecular flexibility index (Phi) is 4.98. The van der Waals surface area contributed by atoms with Crippen molar-refractivity contribution >= 4 is 27.5 Å². The van der Waals surface area contributed by atoms with E-state index in [4.69, 9.17) is 14.0 Å². The molecule has 1 atom stereocenters. The summed E-state index contributed by atoms with van der Waals surface area (Å²) in [5.74, 6) is 2.39. The number of ether oxygens (including phenoxy) is 2. The smallest absolute Gasteiger partial charge is 0.254 e. The van der Waals surface area contributed by atoms with Crippen LogP contribution >= 0.6 is 11.3 Å². The predicted octanol–water partition coefficient (Wildman–Crippen LogP) is 3.64. The van der Waals surface area contributed by atoms with Gasteiger partial charge in [0.2, 0.25) is 5.91 Å². The van der Waals surface area contributed by atoms with Crippen molar-refractivity contribution in [2.45, 2.75) is 32.7 Å². The molecular formula is C19H21N3O4S. The summed E-state index contributed by atoms with van der Waals surface area (Å²) in [6, 6.07) is 7.55. The highest BCUT2D eigenvalue weighted by Gasteiger charge is 2.22. The Hall–Kier alpha value is -2.61. The standard InChI is InChI=1S/C19H21N3O4S/c1-11(20-12(2)23)9-25-18-8-16(26-22-18)19-21-15-7-14(5-6-17(15)27-19)24-10-13-3-4-13/h5-8,11,13H,3-4,9-10H2,1-2H3,(H,20,23)/t11-/m0/s1. The van der Waals surface area contributed by atoms with Gasteiger partial charge in [-0.05, 0) is 43.0 Å². The van der Waals surface area contributed by atoms with Crippen LogP contribution in [0.5, 0.6) is 11.6 Å². The first-order chi connectivity index (χ1) is 13.1. The van der Waals surface area contributed by atoms with E-state index in [1.165, 1.54) is 31.1 Å². The number of nitrogens with zero attached hydrogens (tertiary/aromatic N) is 2. The summed E-state index contributed by atoms with van der Waals surface area (Å²) in [7, 11) is 0. The van der Waals surface area contributed by atoms with Crippen molar-refractivity contribution in [3.63, 3.8) is 0 Å². The number of hydrogen-bond acceptors (Lipinski definition) is 7. The minimum atomic E-state index is -0.112. The second kappa shape index (κ2) is 7.56. The van der Waals surface area contributed by atoms with Crippen LogP contribution in [0, 0.1) is 5.92 Å². The van der Waals surface area contributed by atoms with E-state index >= 15 is 0 Å². The molecule has 0 aliphatic heterocycles. The molecule has 1 amide bonds. The van der Waals surface area contributed by atoms with Gasteiger partial charge in [-0.25, -0.2) is 4.98 Å². The fourth-order valence-corrected chi connectivity index (χ4v) is 3.52. The molecule has 0 radical (unpaired) electrons. The molecule has 2 heterocycles. The first kappa shape index (κ1) is 17.8. The van der Waals surface area contributed by atoms with Crippen LogP contribution in [0.15, 0.2) is 28.8 Å². The second-order valence-corrected chi connectivity index (χ2v) is 7.88. The van der Waals surface area contributed by atoms with Crippen LogP contribution in [0.2, 0.25) is 0 Å². The van der Waals surface area contributed by atoms with Crippen molar-refractivity contribution < 1.29 is 18.8 Å². The van der Waals surface area contributed by atoms with Gasteiger partial charge in [-0.2, -0.15) is 0 Å². The van der Waals surface area contributed by atoms with Gasteiger partial charge < -0.3 is 19.3 Å². The predicted molar refractivity (Wildman–Crippen MR) is 102 cm³/mol. The van der Waals surface area contributed by atoms with Crippen molar-refractivity contribution in [2.75, 3.05) is 13.2 Å². The van der Waals surface area contributed by atoms with Crippen LogP contribution in [0.3, 0.4) is 0 Å². The van der Waals surface area contributed by atoms with E-state index in [9.17, 15) is 4.79 Å². The number of carbonyl (C=O) groups excluding carboxylic acids is 1. The maximum atomic E-state index is 11.0. The molecule has 3 aromatic rings. The zero-order valence-electron chi connectivity index (χ0n) is 15.2. The lowest BCUT2D eigenvalue weighted by atomic mass is 10.3. The third-order valence-corrected chi connectivity index (χ3v) is 5.22. The Bertz CT molecular complexity index is 947. The summed E-state index contributed by atoms with van der Waals surface area (Å²) in [5.41, 5.74) is 0.876. The fraction of sp³-hybridized carbons (Fsp3) is 0.421. The van der Waals surface area contributed by atoms with Crippen LogP contribution in [-0.2, 0) is 4.79 Å². The van der Waals surface area contributed by atoms with Gasteiger partial charge >= 0.3 is 0 Å². The SMILES string of the molecule is CC(=O)N[C@@H](C)COc1cc(-c2nc3cc(OCC4CC4)ccc3s2)on1. The van der Waals surface area contributed by atoms with Crippen LogP contribution in [-0.4, -0.2) is 35.3 Å². The normalized spacial score (nSPS) is 14.9. The summed E-state index contributed by atoms with van der Waals surface area (Å²) in [6.45, 7) is 4.42. The molecule has 0 unspecified atom stereocenters. The number of nitrogens with one attached hydrogen (secondary N) is 1. The number of rotatable bonds is 8. The summed E-state index contributed by atoms with van der Waals surface area (Å²) in [4.78, 5) is 15.7. The van der Waals surface area contributed by atoms with E-state index in [2.05, 4.69) is 15.5 Å². The Morgan fingerprint density at radius 2 is 2.22 bits per heavy atom. The van der Waals surface area contributed by atoms with Gasteiger partial charge in [0.1, 0.15) is 12.4 Å². The largest absolute Gasteiger partial charge is 0.493 e. The minimum Gasteiger partial charge on any atom is -0.493 e. The number of fused-ring (bicyclic) bond motifs is 1. The van der Waals surface area contributed by atoms with Crippen LogP contribution < -0.4 is 14.8 Å². The highest BCUT2D eigenvalue weighted by atomic mass is 32.1. The number of carbonyl (C=O) groups is 1. The zero-order chi connectivity index (χ0) is 18.8. The average Bonchev–Trinajstić information content (AvgIpc) is 3.17. The number of amides is 1. The maximum Gasteiger partial charge on any atom is 0.254 e. The van der Waals surface area contributed by atoms with Gasteiger partial charge in [-0.1, -0.05) is 0 Å². The molecule has 0 saturated heterocycles. The number of thiazole rings is 1. The molecule has 0 spiro atoms. The van der Waals surface area contributed by atoms with Gasteiger partial charge in [0.15, 0.2) is 10.8 Å². The molecule has 1 fully saturated rings. The Labute approximate surface area is 160 Å². The molecule has 8 heteroatoms. The lowest BCUT2D eigenvalue weighted by Crippen LogP contribution is -2.35. The minimum absolute atomic E-state index is 0.0955. The summed E-state index contributed by atoms with van der Waals surface area (Å²) in [5, 5.41) is 7.41. The number of benzene rings is 1. The third kappa shape index (κ3) is 4.57. The second-order valence-electron chi connectivity index (χ2n) is 6.84. The van der Waals surface area contributed by atoms with E-state index in [0.29, 0.717) is 24.2 Å². The van der Waals surface area contributed by atoms with E-state index in [1.807, 2.05) is 25.1 Å². The molecule has 1 aromatic carbocycles. The first-order valence-corrected chi connectivity index (χ1v) is 9.79. The first-order valence-electron chi connectivity index (χ1n) is 8.97. The molecule has 1 aliphatic carbocycles. The van der Waals surface area contributed by atoms with E-state index < -0.39 is 0 Å². The third-order valence-electron chi connectivity index (χ3n) is 4.17. The van der Waals surface area contributed by atoms with Crippen molar-refractivity contribution in [3.05, 3.63) is 24.3 Å². The Morgan fingerprint density at radius 1 is 1.37 bits per heavy atom. The quantitative estimate of drug-likeness (QED) is 0.635. The van der Waals surface area contributed by atoms with Crippen molar-refractivity contribution in [3.8, 4) is 22.4 Å². The van der Waals surface area contributed by atoms with E-state index in [-0.39, 0.29) is 11.9 Å².